The highest BCUT2D eigenvalue weighted by molar-refractivity contribution is 9.10. The first-order valence-corrected chi connectivity index (χ1v) is 7.85. The standard InChI is InChI=1S/C16H14BrClFNO2/c17-11-3-1-4-13(9-11)22-8-2-5-16(21)20-15-7-6-12(19)10-14(15)18/h1,3-4,6-7,9-10H,2,5,8H2,(H,20,21). The molecule has 2 aromatic rings. The van der Waals surface area contributed by atoms with E-state index in [1.807, 2.05) is 24.3 Å². The summed E-state index contributed by atoms with van der Waals surface area (Å²) in [6.07, 6.45) is 0.860. The molecule has 0 aliphatic carbocycles. The van der Waals surface area contributed by atoms with Gasteiger partial charge in [0.15, 0.2) is 0 Å². The molecule has 1 amide bonds. The molecule has 6 heteroatoms. The molecule has 0 aliphatic rings. The van der Waals surface area contributed by atoms with Crippen LogP contribution >= 0.6 is 27.5 Å². The van der Waals surface area contributed by atoms with Gasteiger partial charge in [-0.3, -0.25) is 4.79 Å². The topological polar surface area (TPSA) is 38.3 Å². The largest absolute Gasteiger partial charge is 0.494 e. The van der Waals surface area contributed by atoms with Crippen molar-refractivity contribution in [2.45, 2.75) is 12.8 Å². The summed E-state index contributed by atoms with van der Waals surface area (Å²) in [4.78, 5) is 11.8. The molecule has 0 atom stereocenters. The molecular weight excluding hydrogens is 373 g/mol. The maximum atomic E-state index is 12.9. The molecule has 0 saturated heterocycles. The molecule has 0 spiro atoms. The molecule has 0 heterocycles. The van der Waals surface area contributed by atoms with E-state index in [1.165, 1.54) is 12.1 Å². The first kappa shape index (κ1) is 16.8. The van der Waals surface area contributed by atoms with Gasteiger partial charge in [-0.25, -0.2) is 4.39 Å². The van der Waals surface area contributed by atoms with Gasteiger partial charge in [0.1, 0.15) is 11.6 Å². The molecule has 0 fully saturated rings. The summed E-state index contributed by atoms with van der Waals surface area (Å²) in [5.41, 5.74) is 0.404. The van der Waals surface area contributed by atoms with Gasteiger partial charge in [-0.05, 0) is 42.8 Å². The first-order valence-electron chi connectivity index (χ1n) is 6.68. The lowest BCUT2D eigenvalue weighted by atomic mass is 10.2. The van der Waals surface area contributed by atoms with E-state index in [2.05, 4.69) is 21.2 Å². The van der Waals surface area contributed by atoms with Crippen LogP contribution in [0.5, 0.6) is 5.75 Å². The Morgan fingerprint density at radius 1 is 1.27 bits per heavy atom. The van der Waals surface area contributed by atoms with E-state index >= 15 is 0 Å². The van der Waals surface area contributed by atoms with Crippen LogP contribution in [0.15, 0.2) is 46.9 Å². The van der Waals surface area contributed by atoms with Crippen LogP contribution in [-0.2, 0) is 4.79 Å². The normalized spacial score (nSPS) is 10.3. The van der Waals surface area contributed by atoms with E-state index in [0.29, 0.717) is 25.1 Å². The van der Waals surface area contributed by atoms with Crippen molar-refractivity contribution in [3.63, 3.8) is 0 Å². The fourth-order valence-electron chi connectivity index (χ4n) is 1.78. The first-order chi connectivity index (χ1) is 10.5. The lowest BCUT2D eigenvalue weighted by molar-refractivity contribution is -0.116. The summed E-state index contributed by atoms with van der Waals surface area (Å²) in [7, 11) is 0. The van der Waals surface area contributed by atoms with Crippen molar-refractivity contribution >= 4 is 39.1 Å². The van der Waals surface area contributed by atoms with E-state index in [0.717, 1.165) is 16.3 Å². The van der Waals surface area contributed by atoms with Gasteiger partial charge in [0.25, 0.3) is 0 Å². The zero-order valence-corrected chi connectivity index (χ0v) is 14.0. The SMILES string of the molecule is O=C(CCCOc1cccc(Br)c1)Nc1ccc(F)cc1Cl. The summed E-state index contributed by atoms with van der Waals surface area (Å²) in [6, 6.07) is 11.3. The highest BCUT2D eigenvalue weighted by atomic mass is 79.9. The number of benzene rings is 2. The third-order valence-electron chi connectivity index (χ3n) is 2.82. The van der Waals surface area contributed by atoms with Gasteiger partial charge in [0.05, 0.1) is 17.3 Å². The average molecular weight is 387 g/mol. The number of carbonyl (C=O) groups is 1. The zero-order chi connectivity index (χ0) is 15.9. The van der Waals surface area contributed by atoms with Crippen molar-refractivity contribution in [1.82, 2.24) is 0 Å². The minimum absolute atomic E-state index is 0.179. The minimum Gasteiger partial charge on any atom is -0.494 e. The van der Waals surface area contributed by atoms with Crippen LogP contribution in [0.3, 0.4) is 0 Å². The van der Waals surface area contributed by atoms with Gasteiger partial charge in [0, 0.05) is 10.9 Å². The van der Waals surface area contributed by atoms with Crippen LogP contribution in [-0.4, -0.2) is 12.5 Å². The third-order valence-corrected chi connectivity index (χ3v) is 3.62. The number of hydrogen-bond donors (Lipinski definition) is 1. The van der Waals surface area contributed by atoms with E-state index < -0.39 is 5.82 Å². The van der Waals surface area contributed by atoms with E-state index in [-0.39, 0.29) is 10.9 Å². The van der Waals surface area contributed by atoms with Crippen LogP contribution in [0.2, 0.25) is 5.02 Å². The highest BCUT2D eigenvalue weighted by Gasteiger charge is 2.07. The second kappa shape index (κ2) is 8.15. The number of ether oxygens (including phenoxy) is 1. The molecule has 1 N–H and O–H groups in total. The molecule has 2 aromatic carbocycles. The number of anilines is 1. The number of carbonyl (C=O) groups excluding carboxylic acids is 1. The number of amides is 1. The van der Waals surface area contributed by atoms with Gasteiger partial charge >= 0.3 is 0 Å². The molecule has 3 nitrogen and oxygen atoms in total. The molecule has 2 rings (SSSR count). The number of nitrogens with one attached hydrogen (secondary N) is 1. The molecule has 0 aliphatic heterocycles. The Hall–Kier alpha value is -1.59. The van der Waals surface area contributed by atoms with E-state index in [1.54, 1.807) is 0 Å². The van der Waals surface area contributed by atoms with Crippen LogP contribution < -0.4 is 10.1 Å². The van der Waals surface area contributed by atoms with Gasteiger partial charge < -0.3 is 10.1 Å². The number of halogens is 3. The number of hydrogen-bond acceptors (Lipinski definition) is 2. The lowest BCUT2D eigenvalue weighted by Crippen LogP contribution is -2.13. The zero-order valence-electron chi connectivity index (χ0n) is 11.6. The Morgan fingerprint density at radius 2 is 2.09 bits per heavy atom. The van der Waals surface area contributed by atoms with Crippen molar-refractivity contribution in [2.24, 2.45) is 0 Å². The van der Waals surface area contributed by atoms with Gasteiger partial charge in [0.2, 0.25) is 5.91 Å². The summed E-state index contributed by atoms with van der Waals surface area (Å²) < 4.78 is 19.4. The quantitative estimate of drug-likeness (QED) is 0.706. The summed E-state index contributed by atoms with van der Waals surface area (Å²) in [6.45, 7) is 0.432. The molecule has 22 heavy (non-hydrogen) atoms. The molecule has 0 saturated carbocycles. The molecule has 0 aromatic heterocycles. The predicted octanol–water partition coefficient (Wildman–Crippen LogP) is 5.04. The molecule has 0 radical (unpaired) electrons. The summed E-state index contributed by atoms with van der Waals surface area (Å²) >= 11 is 9.21. The fourth-order valence-corrected chi connectivity index (χ4v) is 2.38. The highest BCUT2D eigenvalue weighted by Crippen LogP contribution is 2.22. The van der Waals surface area contributed by atoms with Crippen LogP contribution in [0, 0.1) is 5.82 Å². The third kappa shape index (κ3) is 5.31. The van der Waals surface area contributed by atoms with Gasteiger partial charge in [-0.1, -0.05) is 33.6 Å². The molecule has 116 valence electrons. The maximum Gasteiger partial charge on any atom is 0.224 e. The van der Waals surface area contributed by atoms with Crippen molar-refractivity contribution < 1.29 is 13.9 Å². The fraction of sp³-hybridized carbons (Fsp3) is 0.188. The van der Waals surface area contributed by atoms with Crippen molar-refractivity contribution in [3.8, 4) is 5.75 Å². The van der Waals surface area contributed by atoms with Crippen LogP contribution in [0.25, 0.3) is 0 Å². The minimum atomic E-state index is -0.439. The lowest BCUT2D eigenvalue weighted by Gasteiger charge is -2.08. The van der Waals surface area contributed by atoms with Crippen molar-refractivity contribution in [2.75, 3.05) is 11.9 Å². The van der Waals surface area contributed by atoms with E-state index in [9.17, 15) is 9.18 Å². The van der Waals surface area contributed by atoms with Crippen molar-refractivity contribution in [3.05, 3.63) is 57.8 Å². The van der Waals surface area contributed by atoms with Gasteiger partial charge in [-0.15, -0.1) is 0 Å². The summed E-state index contributed by atoms with van der Waals surface area (Å²) in [5.74, 6) is 0.119. The van der Waals surface area contributed by atoms with E-state index in [4.69, 9.17) is 16.3 Å². The van der Waals surface area contributed by atoms with Crippen molar-refractivity contribution in [1.29, 1.82) is 0 Å². The number of rotatable bonds is 6. The average Bonchev–Trinajstić information content (AvgIpc) is 2.47. The Balaban J connectivity index is 1.74. The molecular formula is C16H14BrClFNO2. The van der Waals surface area contributed by atoms with Crippen LogP contribution in [0.1, 0.15) is 12.8 Å². The molecule has 0 bridgehead atoms. The Labute approximate surface area is 141 Å². The van der Waals surface area contributed by atoms with Crippen LogP contribution in [0.4, 0.5) is 10.1 Å². The second-order valence-corrected chi connectivity index (χ2v) is 5.90. The Morgan fingerprint density at radius 3 is 2.82 bits per heavy atom. The second-order valence-electron chi connectivity index (χ2n) is 4.58. The Kier molecular flexibility index (Phi) is 6.21. The predicted molar refractivity (Wildman–Crippen MR) is 88.9 cm³/mol. The smallest absolute Gasteiger partial charge is 0.224 e. The van der Waals surface area contributed by atoms with Gasteiger partial charge in [-0.2, -0.15) is 0 Å². The monoisotopic (exact) mass is 385 g/mol. The molecule has 0 unspecified atom stereocenters. The summed E-state index contributed by atoms with van der Waals surface area (Å²) in [5, 5.41) is 2.82. The Bertz CT molecular complexity index is 666. The maximum absolute atomic E-state index is 12.9.